The Labute approximate surface area is 107 Å². The number of nitrogens with two attached hydrogens (primary N) is 1. The van der Waals surface area contributed by atoms with Gasteiger partial charge in [-0.15, -0.1) is 0 Å². The van der Waals surface area contributed by atoms with Crippen LogP contribution in [0.15, 0.2) is 0 Å². The average molecular weight is 249 g/mol. The summed E-state index contributed by atoms with van der Waals surface area (Å²) in [6, 6.07) is 0. The molecule has 0 radical (unpaired) electrons. The zero-order valence-corrected chi connectivity index (χ0v) is 11.3. The van der Waals surface area contributed by atoms with Gasteiger partial charge in [-0.3, -0.25) is 0 Å². The van der Waals surface area contributed by atoms with Crippen molar-refractivity contribution in [2.75, 3.05) is 12.3 Å². The van der Waals surface area contributed by atoms with Gasteiger partial charge in [0.1, 0.15) is 17.2 Å². The molecule has 1 atom stereocenters. The minimum absolute atomic E-state index is 0.221. The Morgan fingerprint density at radius 1 is 1.50 bits per heavy atom. The molecule has 1 saturated carbocycles. The first-order valence-corrected chi connectivity index (χ1v) is 6.18. The zero-order chi connectivity index (χ0) is 13.5. The smallest absolute Gasteiger partial charge is 0.343 e. The Morgan fingerprint density at radius 3 is 2.56 bits per heavy atom. The lowest BCUT2D eigenvalue weighted by atomic mass is 10.1. The molecule has 5 nitrogen and oxygen atoms in total. The number of esters is 1. The lowest BCUT2D eigenvalue weighted by Crippen LogP contribution is -2.14. The van der Waals surface area contributed by atoms with Crippen molar-refractivity contribution in [3.63, 3.8) is 0 Å². The molecule has 1 aromatic heterocycles. The molecular weight excluding hydrogens is 230 g/mol. The first-order chi connectivity index (χ1) is 8.36. The highest BCUT2D eigenvalue weighted by Gasteiger charge is 2.48. The van der Waals surface area contributed by atoms with Crippen molar-refractivity contribution in [1.29, 1.82) is 0 Å². The van der Waals surface area contributed by atoms with E-state index in [9.17, 15) is 4.79 Å². The maximum Gasteiger partial charge on any atom is 0.343 e. The van der Waals surface area contributed by atoms with E-state index < -0.39 is 5.97 Å². The number of ether oxygens (including phenoxy) is 1. The van der Waals surface area contributed by atoms with Crippen LogP contribution < -0.4 is 5.73 Å². The number of hydrogen-bond acceptors (Lipinski definition) is 5. The lowest BCUT2D eigenvalue weighted by Gasteiger charge is -2.10. The van der Waals surface area contributed by atoms with Crippen LogP contribution in [0.25, 0.3) is 0 Å². The van der Waals surface area contributed by atoms with Crippen LogP contribution >= 0.6 is 0 Å². The minimum atomic E-state index is -0.450. The normalized spacial score (nSPS) is 20.6. The SMILES string of the molecule is CCOC(=O)c1c(C)nc(C2CC2(C)C)nc1N. The molecule has 0 aromatic carbocycles. The van der Waals surface area contributed by atoms with Crippen molar-refractivity contribution < 1.29 is 9.53 Å². The molecule has 1 unspecified atom stereocenters. The summed E-state index contributed by atoms with van der Waals surface area (Å²) in [5, 5.41) is 0. The van der Waals surface area contributed by atoms with E-state index in [1.165, 1.54) is 0 Å². The van der Waals surface area contributed by atoms with Crippen LogP contribution in [-0.2, 0) is 4.74 Å². The maximum atomic E-state index is 11.7. The van der Waals surface area contributed by atoms with E-state index in [1.54, 1.807) is 13.8 Å². The van der Waals surface area contributed by atoms with Gasteiger partial charge in [0, 0.05) is 5.92 Å². The highest BCUT2D eigenvalue weighted by molar-refractivity contribution is 5.95. The van der Waals surface area contributed by atoms with Crippen molar-refractivity contribution in [3.8, 4) is 0 Å². The van der Waals surface area contributed by atoms with Crippen LogP contribution in [0.5, 0.6) is 0 Å². The Morgan fingerprint density at radius 2 is 2.11 bits per heavy atom. The largest absolute Gasteiger partial charge is 0.462 e. The van der Waals surface area contributed by atoms with Gasteiger partial charge in [-0.1, -0.05) is 13.8 Å². The fourth-order valence-electron chi connectivity index (χ4n) is 2.14. The summed E-state index contributed by atoms with van der Waals surface area (Å²) in [7, 11) is 0. The number of aromatic nitrogens is 2. The molecule has 5 heteroatoms. The maximum absolute atomic E-state index is 11.7. The van der Waals surface area contributed by atoms with E-state index in [4.69, 9.17) is 10.5 Å². The van der Waals surface area contributed by atoms with E-state index in [0.29, 0.717) is 23.8 Å². The van der Waals surface area contributed by atoms with Gasteiger partial charge in [0.2, 0.25) is 0 Å². The summed E-state index contributed by atoms with van der Waals surface area (Å²) >= 11 is 0. The number of nitrogens with zero attached hydrogens (tertiary/aromatic N) is 2. The third kappa shape index (κ3) is 2.17. The zero-order valence-electron chi connectivity index (χ0n) is 11.3. The first-order valence-electron chi connectivity index (χ1n) is 6.18. The van der Waals surface area contributed by atoms with E-state index in [0.717, 1.165) is 12.2 Å². The molecule has 0 amide bonds. The minimum Gasteiger partial charge on any atom is -0.462 e. The van der Waals surface area contributed by atoms with Crippen LogP contribution in [-0.4, -0.2) is 22.5 Å². The molecule has 1 aromatic rings. The molecule has 0 saturated heterocycles. The second-order valence-corrected chi connectivity index (χ2v) is 5.39. The average Bonchev–Trinajstić information content (AvgIpc) is 2.87. The standard InChI is InChI=1S/C13H19N3O2/c1-5-18-12(17)9-7(2)15-11(16-10(9)14)8-6-13(8,3)4/h8H,5-6H2,1-4H3,(H2,14,15,16). The molecule has 18 heavy (non-hydrogen) atoms. The molecule has 0 bridgehead atoms. The number of rotatable bonds is 3. The number of carbonyl (C=O) groups excluding carboxylic acids is 1. The molecule has 0 spiro atoms. The summed E-state index contributed by atoms with van der Waals surface area (Å²) in [6.07, 6.45) is 1.06. The van der Waals surface area contributed by atoms with E-state index in [1.807, 2.05) is 0 Å². The molecule has 1 heterocycles. The number of anilines is 1. The van der Waals surface area contributed by atoms with Gasteiger partial charge >= 0.3 is 5.97 Å². The lowest BCUT2D eigenvalue weighted by molar-refractivity contribution is 0.0525. The highest BCUT2D eigenvalue weighted by Crippen LogP contribution is 2.57. The summed E-state index contributed by atoms with van der Waals surface area (Å²) in [5.74, 6) is 0.852. The molecule has 1 fully saturated rings. The molecule has 2 N–H and O–H groups in total. The van der Waals surface area contributed by atoms with Crippen LogP contribution in [0.3, 0.4) is 0 Å². The van der Waals surface area contributed by atoms with E-state index >= 15 is 0 Å². The molecule has 98 valence electrons. The van der Waals surface area contributed by atoms with Crippen LogP contribution in [0.4, 0.5) is 5.82 Å². The fraction of sp³-hybridized carbons (Fsp3) is 0.615. The number of hydrogen-bond donors (Lipinski definition) is 1. The van der Waals surface area contributed by atoms with Gasteiger partial charge in [-0.25, -0.2) is 14.8 Å². The second kappa shape index (κ2) is 4.23. The van der Waals surface area contributed by atoms with Crippen molar-refractivity contribution in [2.24, 2.45) is 5.41 Å². The number of nitrogen functional groups attached to an aromatic ring is 1. The third-order valence-electron chi connectivity index (χ3n) is 3.44. The molecular formula is C13H19N3O2. The molecule has 0 aliphatic heterocycles. The molecule has 1 aliphatic rings. The van der Waals surface area contributed by atoms with Gasteiger partial charge in [0.05, 0.1) is 12.3 Å². The van der Waals surface area contributed by atoms with Crippen molar-refractivity contribution >= 4 is 11.8 Å². The van der Waals surface area contributed by atoms with E-state index in [-0.39, 0.29) is 11.2 Å². The van der Waals surface area contributed by atoms with Crippen molar-refractivity contribution in [2.45, 2.75) is 40.0 Å². The Hall–Kier alpha value is -1.65. The predicted octanol–water partition coefficient (Wildman–Crippen LogP) is 2.06. The van der Waals surface area contributed by atoms with Gasteiger partial charge in [0.15, 0.2) is 0 Å². The molecule has 2 rings (SSSR count). The van der Waals surface area contributed by atoms with Gasteiger partial charge in [0.25, 0.3) is 0 Å². The van der Waals surface area contributed by atoms with Crippen LogP contribution in [0.2, 0.25) is 0 Å². The summed E-state index contributed by atoms with van der Waals surface area (Å²) in [4.78, 5) is 20.4. The van der Waals surface area contributed by atoms with E-state index in [2.05, 4.69) is 23.8 Å². The first kappa shape index (κ1) is 12.8. The molecule has 1 aliphatic carbocycles. The topological polar surface area (TPSA) is 78.1 Å². The van der Waals surface area contributed by atoms with Crippen molar-refractivity contribution in [3.05, 3.63) is 17.1 Å². The van der Waals surface area contributed by atoms with Crippen molar-refractivity contribution in [1.82, 2.24) is 9.97 Å². The fourth-order valence-corrected chi connectivity index (χ4v) is 2.14. The third-order valence-corrected chi connectivity index (χ3v) is 3.44. The summed E-state index contributed by atoms with van der Waals surface area (Å²) < 4.78 is 4.95. The Balaban J connectivity index is 2.33. The summed E-state index contributed by atoms with van der Waals surface area (Å²) in [5.41, 5.74) is 6.98. The summed E-state index contributed by atoms with van der Waals surface area (Å²) in [6.45, 7) is 8.18. The Bertz CT molecular complexity index is 474. The second-order valence-electron chi connectivity index (χ2n) is 5.39. The number of aryl methyl sites for hydroxylation is 1. The van der Waals surface area contributed by atoms with Gasteiger partial charge in [-0.05, 0) is 25.7 Å². The monoisotopic (exact) mass is 249 g/mol. The van der Waals surface area contributed by atoms with Gasteiger partial charge < -0.3 is 10.5 Å². The highest BCUT2D eigenvalue weighted by atomic mass is 16.5. The van der Waals surface area contributed by atoms with Crippen LogP contribution in [0, 0.1) is 12.3 Å². The van der Waals surface area contributed by atoms with Gasteiger partial charge in [-0.2, -0.15) is 0 Å². The predicted molar refractivity (Wildman–Crippen MR) is 68.3 cm³/mol. The number of carbonyl (C=O) groups is 1. The quantitative estimate of drug-likeness (QED) is 0.829. The van der Waals surface area contributed by atoms with Crippen LogP contribution in [0.1, 0.15) is 55.0 Å². The Kier molecular flexibility index (Phi) is 3.00.